The summed E-state index contributed by atoms with van der Waals surface area (Å²) in [5, 5.41) is 0. The second kappa shape index (κ2) is 58.9. The second-order valence-corrected chi connectivity index (χ2v) is 20.9. The summed E-state index contributed by atoms with van der Waals surface area (Å²) < 4.78 is 33.0. The van der Waals surface area contributed by atoms with Crippen molar-refractivity contribution in [2.75, 3.05) is 26.4 Å². The number of unbranched alkanes of at least 4 members (excludes halogenated alkanes) is 24. The lowest BCUT2D eigenvalue weighted by Gasteiger charge is -2.19. The van der Waals surface area contributed by atoms with Crippen molar-refractivity contribution >= 4 is 19.8 Å². The second-order valence-electron chi connectivity index (χ2n) is 19.5. The van der Waals surface area contributed by atoms with Gasteiger partial charge < -0.3 is 20.1 Å². The highest BCUT2D eigenvalue weighted by Crippen LogP contribution is 2.43. The molecule has 2 atom stereocenters. The van der Waals surface area contributed by atoms with Crippen molar-refractivity contribution in [2.45, 2.75) is 258 Å². The normalized spacial score (nSPS) is 13.8. The monoisotopic (exact) mass is 1050 g/mol. The van der Waals surface area contributed by atoms with E-state index in [4.69, 9.17) is 24.3 Å². The van der Waals surface area contributed by atoms with Crippen LogP contribution in [0.25, 0.3) is 0 Å². The predicted octanol–water partition coefficient (Wildman–Crippen LogP) is 19.0. The van der Waals surface area contributed by atoms with Crippen LogP contribution in [0, 0.1) is 0 Å². The maximum absolute atomic E-state index is 12.7. The van der Waals surface area contributed by atoms with Crippen molar-refractivity contribution in [3.05, 3.63) is 109 Å². The van der Waals surface area contributed by atoms with Crippen molar-refractivity contribution in [2.24, 2.45) is 5.73 Å². The molecule has 0 radical (unpaired) electrons. The Morgan fingerprint density at radius 2 is 0.743 bits per heavy atom. The Kier molecular flexibility index (Phi) is 56.3. The molecule has 0 aliphatic carbocycles. The van der Waals surface area contributed by atoms with Gasteiger partial charge in [-0.25, -0.2) is 4.57 Å². The molecule has 10 heteroatoms. The lowest BCUT2D eigenvalue weighted by Crippen LogP contribution is -2.29. The number of ether oxygens (including phenoxy) is 2. The fourth-order valence-electron chi connectivity index (χ4n) is 8.04. The first-order valence-corrected chi connectivity index (χ1v) is 31.4. The first-order chi connectivity index (χ1) is 36.3. The zero-order chi connectivity index (χ0) is 53.8. The highest BCUT2D eigenvalue weighted by Gasteiger charge is 2.26. The summed E-state index contributed by atoms with van der Waals surface area (Å²) in [6.07, 6.45) is 80.0. The molecule has 0 aromatic rings. The van der Waals surface area contributed by atoms with Crippen molar-refractivity contribution in [3.8, 4) is 0 Å². The van der Waals surface area contributed by atoms with Crippen LogP contribution in [0.1, 0.15) is 251 Å². The number of phosphoric acid groups is 1. The quantitative estimate of drug-likeness (QED) is 0.0264. The molecule has 74 heavy (non-hydrogen) atoms. The third-order valence-electron chi connectivity index (χ3n) is 12.4. The molecular formula is C64H110NO8P. The van der Waals surface area contributed by atoms with E-state index in [2.05, 4.69) is 123 Å². The number of phosphoric ester groups is 1. The smallest absolute Gasteiger partial charge is 0.462 e. The summed E-state index contributed by atoms with van der Waals surface area (Å²) in [4.78, 5) is 35.2. The van der Waals surface area contributed by atoms with E-state index >= 15 is 0 Å². The third kappa shape index (κ3) is 57.9. The number of rotatable bonds is 55. The Balaban J connectivity index is 4.05. The number of esters is 2. The number of carbonyl (C=O) groups excluding carboxylic acids is 2. The molecule has 0 saturated heterocycles. The Bertz CT molecular complexity index is 1580. The molecule has 0 aromatic carbocycles. The van der Waals surface area contributed by atoms with E-state index in [9.17, 15) is 19.0 Å². The van der Waals surface area contributed by atoms with Crippen LogP contribution in [0.3, 0.4) is 0 Å². The minimum absolute atomic E-state index is 0.0457. The van der Waals surface area contributed by atoms with Crippen LogP contribution in [-0.4, -0.2) is 49.3 Å². The van der Waals surface area contributed by atoms with Gasteiger partial charge in [-0.3, -0.25) is 18.6 Å². The summed E-state index contributed by atoms with van der Waals surface area (Å²) in [6, 6.07) is 0. The van der Waals surface area contributed by atoms with Crippen molar-refractivity contribution < 1.29 is 37.6 Å². The molecule has 0 spiro atoms. The molecule has 424 valence electrons. The van der Waals surface area contributed by atoms with Gasteiger partial charge in [-0.05, 0) is 83.5 Å². The minimum atomic E-state index is -4.40. The Morgan fingerprint density at radius 1 is 0.419 bits per heavy atom. The lowest BCUT2D eigenvalue weighted by atomic mass is 10.0. The third-order valence-corrected chi connectivity index (χ3v) is 13.4. The molecule has 2 unspecified atom stereocenters. The van der Waals surface area contributed by atoms with Gasteiger partial charge in [-0.15, -0.1) is 0 Å². The number of allylic oxidation sites excluding steroid dienone is 18. The molecular weight excluding hydrogens is 942 g/mol. The maximum atomic E-state index is 12.7. The summed E-state index contributed by atoms with van der Waals surface area (Å²) >= 11 is 0. The Hall–Kier alpha value is -3.33. The summed E-state index contributed by atoms with van der Waals surface area (Å²) in [5.74, 6) is -0.849. The number of hydrogen-bond donors (Lipinski definition) is 2. The van der Waals surface area contributed by atoms with Crippen molar-refractivity contribution in [1.29, 1.82) is 0 Å². The highest BCUT2D eigenvalue weighted by molar-refractivity contribution is 7.47. The van der Waals surface area contributed by atoms with Crippen LogP contribution in [0.5, 0.6) is 0 Å². The molecule has 0 aromatic heterocycles. The minimum Gasteiger partial charge on any atom is -0.462 e. The Labute approximate surface area is 454 Å². The van der Waals surface area contributed by atoms with E-state index < -0.39 is 26.5 Å². The fourth-order valence-corrected chi connectivity index (χ4v) is 8.81. The summed E-state index contributed by atoms with van der Waals surface area (Å²) in [5.41, 5.74) is 5.38. The molecule has 3 N–H and O–H groups in total. The van der Waals surface area contributed by atoms with Gasteiger partial charge in [0.1, 0.15) is 6.61 Å². The van der Waals surface area contributed by atoms with Gasteiger partial charge in [0.2, 0.25) is 0 Å². The SMILES string of the molecule is CC/C=C\C/C=C\C/C=C\C/C=C\C/C=C\C/C=C\C/C=C\C/C=C\C/C=C\CCCCCCCC(=O)OC(COC(=O)CCCCCCCCCCCCCCCCCCCCCC)COP(=O)(O)OCCN. The van der Waals surface area contributed by atoms with Crippen LogP contribution in [0.2, 0.25) is 0 Å². The van der Waals surface area contributed by atoms with Gasteiger partial charge in [0, 0.05) is 19.4 Å². The van der Waals surface area contributed by atoms with Crippen molar-refractivity contribution in [3.63, 3.8) is 0 Å². The number of carbonyl (C=O) groups is 2. The zero-order valence-corrected chi connectivity index (χ0v) is 48.2. The number of nitrogens with two attached hydrogens (primary N) is 1. The van der Waals surface area contributed by atoms with Crippen LogP contribution in [-0.2, 0) is 32.7 Å². The predicted molar refractivity (Wildman–Crippen MR) is 316 cm³/mol. The molecule has 0 fully saturated rings. The van der Waals surface area contributed by atoms with Gasteiger partial charge in [-0.2, -0.15) is 0 Å². The van der Waals surface area contributed by atoms with E-state index in [1.54, 1.807) is 0 Å². The van der Waals surface area contributed by atoms with E-state index in [1.165, 1.54) is 109 Å². The van der Waals surface area contributed by atoms with Crippen LogP contribution in [0.4, 0.5) is 0 Å². The Morgan fingerprint density at radius 3 is 1.11 bits per heavy atom. The van der Waals surface area contributed by atoms with E-state index in [0.717, 1.165) is 109 Å². The topological polar surface area (TPSA) is 134 Å². The highest BCUT2D eigenvalue weighted by atomic mass is 31.2. The van der Waals surface area contributed by atoms with Crippen LogP contribution in [0.15, 0.2) is 109 Å². The molecule has 0 aliphatic rings. The zero-order valence-electron chi connectivity index (χ0n) is 47.3. The van der Waals surface area contributed by atoms with Gasteiger partial charge in [0.15, 0.2) is 6.10 Å². The molecule has 0 amide bonds. The first kappa shape index (κ1) is 70.7. The molecule has 0 saturated carbocycles. The van der Waals surface area contributed by atoms with Gasteiger partial charge in [0.25, 0.3) is 0 Å². The fraction of sp³-hybridized carbons (Fsp3) is 0.688. The lowest BCUT2D eigenvalue weighted by molar-refractivity contribution is -0.161. The summed E-state index contributed by atoms with van der Waals surface area (Å²) in [6.45, 7) is 3.62. The molecule has 9 nitrogen and oxygen atoms in total. The van der Waals surface area contributed by atoms with E-state index in [-0.39, 0.29) is 38.6 Å². The van der Waals surface area contributed by atoms with Gasteiger partial charge >= 0.3 is 19.8 Å². The first-order valence-electron chi connectivity index (χ1n) is 29.9. The van der Waals surface area contributed by atoms with Crippen LogP contribution < -0.4 is 5.73 Å². The van der Waals surface area contributed by atoms with E-state index in [0.29, 0.717) is 6.42 Å². The average molecular weight is 1050 g/mol. The maximum Gasteiger partial charge on any atom is 0.472 e. The standard InChI is InChI=1S/C64H110NO8P/c1-3-5-7-9-11-13-15-17-19-21-23-25-26-27-28-29-30-31-32-33-34-35-36-37-39-41-43-45-47-49-51-53-55-57-64(67)73-62(61-72-74(68,69)71-59-58-65)60-70-63(66)56-54-52-50-48-46-44-42-40-38-24-22-20-18-16-14-12-10-8-6-4-2/h5,7,11,13,17,19,23,25,27-28,30-31,33-34,36-37,41,43,62H,3-4,6,8-10,12,14-16,18,20-22,24,26,29,32,35,38-40,42,44-61,65H2,1-2H3,(H,68,69)/b7-5-,13-11-,19-17-,25-23-,28-27-,31-30-,34-33-,37-36-,43-41-. The molecule has 0 rings (SSSR count). The number of hydrogen-bond acceptors (Lipinski definition) is 8. The molecule has 0 heterocycles. The largest absolute Gasteiger partial charge is 0.472 e. The van der Waals surface area contributed by atoms with E-state index in [1.807, 2.05) is 0 Å². The van der Waals surface area contributed by atoms with Gasteiger partial charge in [0.05, 0.1) is 13.2 Å². The molecule has 0 aliphatic heterocycles. The molecule has 0 bridgehead atoms. The van der Waals surface area contributed by atoms with Crippen LogP contribution >= 0.6 is 7.82 Å². The summed E-state index contributed by atoms with van der Waals surface area (Å²) in [7, 11) is -4.40. The van der Waals surface area contributed by atoms with Gasteiger partial charge in [-0.1, -0.05) is 264 Å². The van der Waals surface area contributed by atoms with Crippen molar-refractivity contribution in [1.82, 2.24) is 0 Å². The average Bonchev–Trinajstić information content (AvgIpc) is 3.39.